The highest BCUT2D eigenvalue weighted by atomic mass is 16.2. The Balaban J connectivity index is 1.61. The molecule has 1 N–H and O–H groups in total. The summed E-state index contributed by atoms with van der Waals surface area (Å²) in [6.07, 6.45) is 7.07. The van der Waals surface area contributed by atoms with Crippen molar-refractivity contribution in [3.8, 4) is 0 Å². The Labute approximate surface area is 123 Å². The number of carbonyl (C=O) groups is 2. The fourth-order valence-corrected chi connectivity index (χ4v) is 3.07. The van der Waals surface area contributed by atoms with Gasteiger partial charge in [0.2, 0.25) is 5.91 Å². The molecule has 7 heteroatoms. The van der Waals surface area contributed by atoms with Gasteiger partial charge in [0.25, 0.3) is 0 Å². The lowest BCUT2D eigenvalue weighted by Crippen LogP contribution is -2.48. The van der Waals surface area contributed by atoms with E-state index in [1.807, 2.05) is 16.9 Å². The van der Waals surface area contributed by atoms with Gasteiger partial charge in [-0.25, -0.2) is 4.79 Å². The third kappa shape index (κ3) is 3.24. The number of imide groups is 1. The van der Waals surface area contributed by atoms with Crippen LogP contribution in [-0.2, 0) is 11.3 Å². The highest BCUT2D eigenvalue weighted by molar-refractivity contribution is 5.96. The zero-order chi connectivity index (χ0) is 14.7. The molecular formula is C14H21N5O2. The van der Waals surface area contributed by atoms with Crippen LogP contribution in [0.4, 0.5) is 4.79 Å². The molecule has 21 heavy (non-hydrogen) atoms. The van der Waals surface area contributed by atoms with Crippen molar-refractivity contribution in [2.45, 2.75) is 31.8 Å². The van der Waals surface area contributed by atoms with Gasteiger partial charge in [0.1, 0.15) is 0 Å². The molecular weight excluding hydrogens is 270 g/mol. The normalized spacial score (nSPS) is 23.3. The zero-order valence-electron chi connectivity index (χ0n) is 12.1. The smallest absolute Gasteiger partial charge is 0.324 e. The largest absolute Gasteiger partial charge is 0.336 e. The van der Waals surface area contributed by atoms with E-state index in [4.69, 9.17) is 0 Å². The molecule has 0 saturated carbocycles. The molecule has 1 aromatic rings. The number of aromatic nitrogens is 2. The highest BCUT2D eigenvalue weighted by Crippen LogP contribution is 2.18. The molecule has 0 radical (unpaired) electrons. The van der Waals surface area contributed by atoms with E-state index in [2.05, 4.69) is 15.3 Å². The van der Waals surface area contributed by atoms with Crippen LogP contribution in [-0.4, -0.2) is 63.7 Å². The van der Waals surface area contributed by atoms with Gasteiger partial charge in [0, 0.05) is 31.5 Å². The van der Waals surface area contributed by atoms with Gasteiger partial charge in [-0.3, -0.25) is 19.3 Å². The SMILES string of the molecule is O=C(CN1CCCC[C@H]1Cn1cccn1)N1CCNC1=O. The summed E-state index contributed by atoms with van der Waals surface area (Å²) in [7, 11) is 0. The molecule has 114 valence electrons. The Bertz CT molecular complexity index is 501. The number of likely N-dealkylation sites (tertiary alicyclic amines) is 1. The van der Waals surface area contributed by atoms with E-state index >= 15 is 0 Å². The van der Waals surface area contributed by atoms with Gasteiger partial charge in [-0.15, -0.1) is 0 Å². The van der Waals surface area contributed by atoms with E-state index in [-0.39, 0.29) is 11.9 Å². The number of piperidine rings is 1. The van der Waals surface area contributed by atoms with Gasteiger partial charge in [-0.1, -0.05) is 6.42 Å². The summed E-state index contributed by atoms with van der Waals surface area (Å²) in [4.78, 5) is 27.3. The second-order valence-electron chi connectivity index (χ2n) is 5.63. The number of rotatable bonds is 4. The maximum atomic E-state index is 12.3. The van der Waals surface area contributed by atoms with Crippen LogP contribution in [0.1, 0.15) is 19.3 Å². The predicted molar refractivity (Wildman–Crippen MR) is 76.6 cm³/mol. The molecule has 3 rings (SSSR count). The number of nitrogens with zero attached hydrogens (tertiary/aromatic N) is 4. The van der Waals surface area contributed by atoms with Crippen molar-refractivity contribution in [1.82, 2.24) is 24.9 Å². The molecule has 1 atom stereocenters. The monoisotopic (exact) mass is 291 g/mol. The molecule has 2 fully saturated rings. The van der Waals surface area contributed by atoms with Crippen molar-refractivity contribution in [3.63, 3.8) is 0 Å². The molecule has 0 bridgehead atoms. The van der Waals surface area contributed by atoms with Crippen LogP contribution in [0.25, 0.3) is 0 Å². The summed E-state index contributed by atoms with van der Waals surface area (Å²) in [5.74, 6) is -0.0997. The fourth-order valence-electron chi connectivity index (χ4n) is 3.07. The molecule has 2 saturated heterocycles. The van der Waals surface area contributed by atoms with Crippen LogP contribution in [0.2, 0.25) is 0 Å². The topological polar surface area (TPSA) is 70.5 Å². The standard InChI is InChI=1S/C14H21N5O2/c20-13(19-9-6-15-14(19)21)11-17-7-2-1-4-12(17)10-18-8-3-5-16-18/h3,5,8,12H,1-2,4,6-7,9-11H2,(H,15,21)/t12-/m0/s1. The van der Waals surface area contributed by atoms with Crippen LogP contribution in [0.5, 0.6) is 0 Å². The summed E-state index contributed by atoms with van der Waals surface area (Å²) in [5.41, 5.74) is 0. The Morgan fingerprint density at radius 1 is 1.38 bits per heavy atom. The van der Waals surface area contributed by atoms with E-state index < -0.39 is 0 Å². The van der Waals surface area contributed by atoms with Crippen LogP contribution >= 0.6 is 0 Å². The van der Waals surface area contributed by atoms with Crippen molar-refractivity contribution in [3.05, 3.63) is 18.5 Å². The molecule has 2 aliphatic rings. The number of hydrogen-bond donors (Lipinski definition) is 1. The fraction of sp³-hybridized carbons (Fsp3) is 0.643. The van der Waals surface area contributed by atoms with Crippen LogP contribution in [0.3, 0.4) is 0 Å². The summed E-state index contributed by atoms with van der Waals surface area (Å²) in [6.45, 7) is 3.07. The first-order chi connectivity index (χ1) is 10.2. The molecule has 0 unspecified atom stereocenters. The Morgan fingerprint density at radius 3 is 3.00 bits per heavy atom. The maximum Gasteiger partial charge on any atom is 0.324 e. The molecule has 2 aliphatic heterocycles. The van der Waals surface area contributed by atoms with Crippen LogP contribution < -0.4 is 5.32 Å². The molecule has 3 heterocycles. The number of hydrogen-bond acceptors (Lipinski definition) is 4. The number of carbonyl (C=O) groups excluding carboxylic acids is 2. The first-order valence-electron chi connectivity index (χ1n) is 7.54. The van der Waals surface area contributed by atoms with E-state index in [9.17, 15) is 9.59 Å². The van der Waals surface area contributed by atoms with Crippen molar-refractivity contribution in [2.24, 2.45) is 0 Å². The summed E-state index contributed by atoms with van der Waals surface area (Å²) in [6, 6.07) is 1.96. The van der Waals surface area contributed by atoms with E-state index in [0.717, 1.165) is 25.9 Å². The van der Waals surface area contributed by atoms with Crippen LogP contribution in [0.15, 0.2) is 18.5 Å². The third-order valence-corrected chi connectivity index (χ3v) is 4.20. The van der Waals surface area contributed by atoms with Gasteiger partial charge in [0.05, 0.1) is 13.1 Å². The quantitative estimate of drug-likeness (QED) is 0.865. The van der Waals surface area contributed by atoms with Crippen molar-refractivity contribution >= 4 is 11.9 Å². The lowest BCUT2D eigenvalue weighted by molar-refractivity contribution is -0.129. The van der Waals surface area contributed by atoms with Gasteiger partial charge in [0.15, 0.2) is 0 Å². The van der Waals surface area contributed by atoms with Gasteiger partial charge in [-0.05, 0) is 25.5 Å². The van der Waals surface area contributed by atoms with Crippen molar-refractivity contribution in [2.75, 3.05) is 26.2 Å². The molecule has 0 aromatic carbocycles. The van der Waals surface area contributed by atoms with E-state index in [1.165, 1.54) is 11.3 Å². The third-order valence-electron chi connectivity index (χ3n) is 4.20. The minimum atomic E-state index is -0.263. The second-order valence-corrected chi connectivity index (χ2v) is 5.63. The van der Waals surface area contributed by atoms with Gasteiger partial charge >= 0.3 is 6.03 Å². The highest BCUT2D eigenvalue weighted by Gasteiger charge is 2.30. The first-order valence-corrected chi connectivity index (χ1v) is 7.54. The predicted octanol–water partition coefficient (Wildman–Crippen LogP) is 0.289. The first kappa shape index (κ1) is 14.1. The lowest BCUT2D eigenvalue weighted by atomic mass is 10.0. The zero-order valence-corrected chi connectivity index (χ0v) is 12.1. The Kier molecular flexibility index (Phi) is 4.19. The minimum Gasteiger partial charge on any atom is -0.336 e. The summed E-state index contributed by atoms with van der Waals surface area (Å²) < 4.78 is 1.91. The summed E-state index contributed by atoms with van der Waals surface area (Å²) >= 11 is 0. The number of urea groups is 1. The Hall–Kier alpha value is -1.89. The average Bonchev–Trinajstić information content (AvgIpc) is 3.12. The summed E-state index contributed by atoms with van der Waals surface area (Å²) in [5, 5.41) is 6.91. The van der Waals surface area contributed by atoms with E-state index in [1.54, 1.807) is 6.20 Å². The van der Waals surface area contributed by atoms with Gasteiger partial charge in [-0.2, -0.15) is 5.10 Å². The molecule has 7 nitrogen and oxygen atoms in total. The maximum absolute atomic E-state index is 12.3. The number of nitrogens with one attached hydrogen (secondary N) is 1. The number of amides is 3. The lowest BCUT2D eigenvalue weighted by Gasteiger charge is -2.35. The van der Waals surface area contributed by atoms with Crippen LogP contribution in [0, 0.1) is 0 Å². The average molecular weight is 291 g/mol. The molecule has 1 aromatic heterocycles. The molecule has 0 spiro atoms. The minimum absolute atomic E-state index is 0.0997. The van der Waals surface area contributed by atoms with Crippen molar-refractivity contribution < 1.29 is 9.59 Å². The van der Waals surface area contributed by atoms with E-state index in [0.29, 0.717) is 25.7 Å². The second kappa shape index (κ2) is 6.26. The van der Waals surface area contributed by atoms with Crippen molar-refractivity contribution in [1.29, 1.82) is 0 Å². The Morgan fingerprint density at radius 2 is 2.29 bits per heavy atom. The van der Waals surface area contributed by atoms with Gasteiger partial charge < -0.3 is 5.32 Å². The molecule has 3 amide bonds. The molecule has 0 aliphatic carbocycles.